The van der Waals surface area contributed by atoms with Gasteiger partial charge in [-0.3, -0.25) is 0 Å². The van der Waals surface area contributed by atoms with E-state index in [0.717, 1.165) is 6.07 Å². The van der Waals surface area contributed by atoms with Gasteiger partial charge in [0.05, 0.1) is 11.6 Å². The fourth-order valence-electron chi connectivity index (χ4n) is 0.947. The number of halogens is 4. The molecular formula is C8H6BrF3N2O4. The maximum atomic E-state index is 12.1. The lowest BCUT2D eigenvalue weighted by molar-refractivity contribution is -0.276. The summed E-state index contributed by atoms with van der Waals surface area (Å²) in [5, 5.41) is 0. The summed E-state index contributed by atoms with van der Waals surface area (Å²) < 4.78 is 49.1. The second kappa shape index (κ2) is 5.29. The lowest BCUT2D eigenvalue weighted by atomic mass is 10.4. The Balaban J connectivity index is 3.21. The largest absolute Gasteiger partial charge is 0.574 e. The Kier molecular flexibility index (Phi) is 4.22. The van der Waals surface area contributed by atoms with Crippen LogP contribution in [0.3, 0.4) is 0 Å². The molecule has 1 amide bonds. The van der Waals surface area contributed by atoms with Gasteiger partial charge in [-0.1, -0.05) is 0 Å². The lowest BCUT2D eigenvalue weighted by Crippen LogP contribution is -2.21. The Labute approximate surface area is 107 Å². The number of carbonyl (C=O) groups excluding carboxylic acids is 1. The van der Waals surface area contributed by atoms with E-state index >= 15 is 0 Å². The number of amides is 1. The van der Waals surface area contributed by atoms with Crippen molar-refractivity contribution in [2.75, 3.05) is 7.11 Å². The van der Waals surface area contributed by atoms with Crippen molar-refractivity contribution in [3.8, 4) is 17.5 Å². The number of hydrogen-bond acceptors (Lipinski definition) is 5. The minimum Gasteiger partial charge on any atom is -0.480 e. The molecule has 1 aromatic heterocycles. The van der Waals surface area contributed by atoms with E-state index in [2.05, 4.69) is 35.1 Å². The summed E-state index contributed by atoms with van der Waals surface area (Å²) in [6.45, 7) is 0. The van der Waals surface area contributed by atoms with Crippen molar-refractivity contribution >= 4 is 22.0 Å². The molecule has 0 saturated carbocycles. The standard InChI is InChI=1S/C8H6BrF3N2O4/c1-16-5-3(9)2-4(17-7(13)15)6(14-5)18-8(10,11)12/h2H,1H3,(H2,13,15). The van der Waals surface area contributed by atoms with Crippen LogP contribution in [0.5, 0.6) is 17.5 Å². The zero-order valence-electron chi connectivity index (χ0n) is 8.75. The zero-order chi connectivity index (χ0) is 13.9. The van der Waals surface area contributed by atoms with Gasteiger partial charge >= 0.3 is 12.5 Å². The maximum absolute atomic E-state index is 12.1. The van der Waals surface area contributed by atoms with Gasteiger partial charge in [-0.25, -0.2) is 4.79 Å². The minimum atomic E-state index is -5.00. The highest BCUT2D eigenvalue weighted by atomic mass is 79.9. The second-order valence-electron chi connectivity index (χ2n) is 2.75. The molecule has 1 aromatic rings. The number of aromatic nitrogens is 1. The first kappa shape index (κ1) is 14.4. The maximum Gasteiger partial charge on any atom is 0.574 e. The molecule has 10 heteroatoms. The third-order valence-electron chi connectivity index (χ3n) is 1.49. The molecule has 0 bridgehead atoms. The average Bonchev–Trinajstić information content (AvgIpc) is 2.19. The Morgan fingerprint density at radius 2 is 2.06 bits per heavy atom. The van der Waals surface area contributed by atoms with Crippen LogP contribution in [0.4, 0.5) is 18.0 Å². The van der Waals surface area contributed by atoms with Gasteiger partial charge in [0.1, 0.15) is 0 Å². The van der Waals surface area contributed by atoms with Gasteiger partial charge < -0.3 is 19.9 Å². The van der Waals surface area contributed by atoms with E-state index in [0.29, 0.717) is 0 Å². The first-order valence-corrected chi connectivity index (χ1v) is 5.00. The monoisotopic (exact) mass is 330 g/mol. The molecule has 0 spiro atoms. The van der Waals surface area contributed by atoms with Crippen LogP contribution in [0.1, 0.15) is 0 Å². The van der Waals surface area contributed by atoms with Crippen molar-refractivity contribution in [2.45, 2.75) is 6.36 Å². The average molecular weight is 331 g/mol. The summed E-state index contributed by atoms with van der Waals surface area (Å²) >= 11 is 2.95. The van der Waals surface area contributed by atoms with E-state index in [-0.39, 0.29) is 10.4 Å². The summed E-state index contributed by atoms with van der Waals surface area (Å²) in [6.07, 6.45) is -6.30. The highest BCUT2D eigenvalue weighted by Gasteiger charge is 2.34. The number of ether oxygens (including phenoxy) is 3. The molecule has 0 radical (unpaired) electrons. The normalized spacial score (nSPS) is 10.9. The first-order valence-electron chi connectivity index (χ1n) is 4.20. The molecule has 1 heterocycles. The van der Waals surface area contributed by atoms with E-state index in [1.807, 2.05) is 0 Å². The van der Waals surface area contributed by atoms with Crippen LogP contribution < -0.4 is 19.9 Å². The van der Waals surface area contributed by atoms with Crippen molar-refractivity contribution in [2.24, 2.45) is 5.73 Å². The Hall–Kier alpha value is -1.71. The summed E-state index contributed by atoms with van der Waals surface area (Å²) in [7, 11) is 1.19. The molecule has 2 N–H and O–H groups in total. The van der Waals surface area contributed by atoms with Crippen LogP contribution in [-0.4, -0.2) is 24.5 Å². The van der Waals surface area contributed by atoms with Crippen LogP contribution in [-0.2, 0) is 0 Å². The molecule has 0 aromatic carbocycles. The molecule has 18 heavy (non-hydrogen) atoms. The Morgan fingerprint density at radius 3 is 2.50 bits per heavy atom. The van der Waals surface area contributed by atoms with Crippen molar-refractivity contribution < 1.29 is 32.2 Å². The van der Waals surface area contributed by atoms with Gasteiger partial charge in [0.25, 0.3) is 5.88 Å². The van der Waals surface area contributed by atoms with Crippen LogP contribution >= 0.6 is 15.9 Å². The molecule has 0 aliphatic heterocycles. The number of alkyl halides is 3. The lowest BCUT2D eigenvalue weighted by Gasteiger charge is -2.13. The number of methoxy groups -OCH3 is 1. The fraction of sp³-hybridized carbons (Fsp3) is 0.250. The Bertz CT molecular complexity index is 466. The molecular weight excluding hydrogens is 325 g/mol. The first-order chi connectivity index (χ1) is 8.23. The highest BCUT2D eigenvalue weighted by Crippen LogP contribution is 2.36. The number of nitrogens with two attached hydrogens (primary N) is 1. The van der Waals surface area contributed by atoms with E-state index in [9.17, 15) is 18.0 Å². The van der Waals surface area contributed by atoms with Gasteiger partial charge in [0.2, 0.25) is 5.88 Å². The van der Waals surface area contributed by atoms with E-state index in [1.165, 1.54) is 7.11 Å². The molecule has 0 atom stereocenters. The van der Waals surface area contributed by atoms with E-state index < -0.39 is 24.1 Å². The van der Waals surface area contributed by atoms with Crippen LogP contribution in [0.2, 0.25) is 0 Å². The van der Waals surface area contributed by atoms with Crippen molar-refractivity contribution in [1.29, 1.82) is 0 Å². The fourth-order valence-corrected chi connectivity index (χ4v) is 1.41. The molecule has 0 aliphatic carbocycles. The van der Waals surface area contributed by atoms with Gasteiger partial charge in [-0.05, 0) is 15.9 Å². The molecule has 6 nitrogen and oxygen atoms in total. The molecule has 100 valence electrons. The van der Waals surface area contributed by atoms with Crippen LogP contribution in [0.25, 0.3) is 0 Å². The van der Waals surface area contributed by atoms with Gasteiger partial charge in [0, 0.05) is 6.07 Å². The highest BCUT2D eigenvalue weighted by molar-refractivity contribution is 9.10. The summed E-state index contributed by atoms with van der Waals surface area (Å²) in [5.74, 6) is -1.75. The van der Waals surface area contributed by atoms with E-state index in [1.54, 1.807) is 0 Å². The van der Waals surface area contributed by atoms with Gasteiger partial charge in [0.15, 0.2) is 5.75 Å². The van der Waals surface area contributed by atoms with Crippen molar-refractivity contribution in [3.63, 3.8) is 0 Å². The van der Waals surface area contributed by atoms with Gasteiger partial charge in [-0.15, -0.1) is 13.2 Å². The summed E-state index contributed by atoms with van der Waals surface area (Å²) in [4.78, 5) is 13.9. The van der Waals surface area contributed by atoms with Crippen molar-refractivity contribution in [3.05, 3.63) is 10.5 Å². The predicted molar refractivity (Wildman–Crippen MR) is 55.4 cm³/mol. The predicted octanol–water partition coefficient (Wildman–Crippen LogP) is 2.21. The molecule has 1 rings (SSSR count). The number of pyridine rings is 1. The van der Waals surface area contributed by atoms with Gasteiger partial charge in [-0.2, -0.15) is 4.98 Å². The molecule has 0 aliphatic rings. The second-order valence-corrected chi connectivity index (χ2v) is 3.61. The Morgan fingerprint density at radius 1 is 1.44 bits per heavy atom. The number of hydrogen-bond donors (Lipinski definition) is 1. The summed E-state index contributed by atoms with van der Waals surface area (Å²) in [6, 6.07) is 1.01. The van der Waals surface area contributed by atoms with Crippen molar-refractivity contribution in [1.82, 2.24) is 4.98 Å². The van der Waals surface area contributed by atoms with Crippen LogP contribution in [0.15, 0.2) is 10.5 Å². The quantitative estimate of drug-likeness (QED) is 0.918. The topological polar surface area (TPSA) is 83.7 Å². The minimum absolute atomic E-state index is 0.163. The smallest absolute Gasteiger partial charge is 0.480 e. The third kappa shape index (κ3) is 3.95. The summed E-state index contributed by atoms with van der Waals surface area (Å²) in [5.41, 5.74) is 4.71. The van der Waals surface area contributed by atoms with E-state index in [4.69, 9.17) is 5.73 Å². The SMILES string of the molecule is COc1nc(OC(F)(F)F)c(OC(N)=O)cc1Br. The molecule has 0 unspecified atom stereocenters. The molecule has 0 fully saturated rings. The third-order valence-corrected chi connectivity index (χ3v) is 2.06. The number of primary amides is 1. The number of nitrogens with zero attached hydrogens (tertiary/aromatic N) is 1. The number of carbonyl (C=O) groups is 1. The van der Waals surface area contributed by atoms with Crippen LogP contribution in [0, 0.1) is 0 Å². The molecule has 0 saturated heterocycles. The zero-order valence-corrected chi connectivity index (χ0v) is 10.3. The number of rotatable bonds is 3.